The number of hydrogen-bond acceptors (Lipinski definition) is 1. The predicted molar refractivity (Wildman–Crippen MR) is 86.7 cm³/mol. The molecule has 0 aliphatic rings. The van der Waals surface area contributed by atoms with Gasteiger partial charge in [-0.1, -0.05) is 45.4 Å². The van der Waals surface area contributed by atoms with E-state index in [-0.39, 0.29) is 16.9 Å². The molecule has 21 heavy (non-hydrogen) atoms. The van der Waals surface area contributed by atoms with E-state index in [1.54, 1.807) is 12.1 Å². The Morgan fingerprint density at radius 3 is 1.86 bits per heavy atom. The van der Waals surface area contributed by atoms with Crippen molar-refractivity contribution in [3.63, 3.8) is 0 Å². The number of hydrogen-bond donors (Lipinski definition) is 1. The van der Waals surface area contributed by atoms with Crippen LogP contribution in [0.5, 0.6) is 5.75 Å². The second-order valence-electron chi connectivity index (χ2n) is 5.94. The average Bonchev–Trinajstić information content (AvgIpc) is 2.41. The first kappa shape index (κ1) is 15.8. The van der Waals surface area contributed by atoms with Crippen molar-refractivity contribution >= 4 is 11.6 Å². The van der Waals surface area contributed by atoms with Crippen LogP contribution < -0.4 is 0 Å². The molecule has 0 aliphatic heterocycles. The summed E-state index contributed by atoms with van der Waals surface area (Å²) in [5.41, 5.74) is 3.43. The van der Waals surface area contributed by atoms with E-state index in [2.05, 4.69) is 0 Å². The molecule has 0 unspecified atom stereocenters. The van der Waals surface area contributed by atoms with Crippen LogP contribution >= 0.6 is 11.6 Å². The minimum atomic E-state index is -0.431. The lowest BCUT2D eigenvalue weighted by Gasteiger charge is -2.18. The third-order valence-corrected chi connectivity index (χ3v) is 3.97. The summed E-state index contributed by atoms with van der Waals surface area (Å²) in [5.74, 6) is 0.303. The third kappa shape index (κ3) is 3.21. The molecule has 1 N–H and O–H groups in total. The molecular formula is C18H20ClFO. The van der Waals surface area contributed by atoms with Crippen molar-refractivity contribution in [3.05, 3.63) is 52.3 Å². The van der Waals surface area contributed by atoms with Crippen molar-refractivity contribution in [2.75, 3.05) is 0 Å². The molecule has 0 spiro atoms. The van der Waals surface area contributed by atoms with Crippen LogP contribution in [0.15, 0.2) is 30.3 Å². The molecule has 2 aromatic rings. The van der Waals surface area contributed by atoms with Crippen LogP contribution in [0.2, 0.25) is 5.02 Å². The fourth-order valence-corrected chi connectivity index (χ4v) is 2.52. The van der Waals surface area contributed by atoms with Crippen molar-refractivity contribution in [3.8, 4) is 16.9 Å². The van der Waals surface area contributed by atoms with E-state index in [9.17, 15) is 9.50 Å². The van der Waals surface area contributed by atoms with Gasteiger partial charge in [-0.15, -0.1) is 0 Å². The summed E-state index contributed by atoms with van der Waals surface area (Å²) < 4.78 is 13.7. The van der Waals surface area contributed by atoms with Crippen LogP contribution in [0.1, 0.15) is 50.7 Å². The molecule has 0 aliphatic carbocycles. The third-order valence-electron chi connectivity index (χ3n) is 3.67. The largest absolute Gasteiger partial charge is 0.507 e. The molecular weight excluding hydrogens is 287 g/mol. The zero-order valence-electron chi connectivity index (χ0n) is 12.7. The highest BCUT2D eigenvalue weighted by molar-refractivity contribution is 6.30. The number of rotatable bonds is 3. The van der Waals surface area contributed by atoms with Crippen molar-refractivity contribution in [2.45, 2.75) is 39.5 Å². The fourth-order valence-electron chi connectivity index (χ4n) is 2.40. The Hall–Kier alpha value is -1.54. The minimum Gasteiger partial charge on any atom is -0.507 e. The summed E-state index contributed by atoms with van der Waals surface area (Å²) in [5, 5.41) is 10.5. The van der Waals surface area contributed by atoms with Crippen molar-refractivity contribution < 1.29 is 9.50 Å². The zero-order valence-corrected chi connectivity index (χ0v) is 13.5. The van der Waals surface area contributed by atoms with Gasteiger partial charge in [0.2, 0.25) is 0 Å². The lowest BCUT2D eigenvalue weighted by atomic mass is 9.89. The first-order valence-electron chi connectivity index (χ1n) is 7.13. The van der Waals surface area contributed by atoms with Gasteiger partial charge in [0.05, 0.1) is 5.02 Å². The molecule has 0 fully saturated rings. The second-order valence-corrected chi connectivity index (χ2v) is 6.35. The number of phenolic OH excluding ortho intramolecular Hbond substituents is 1. The summed E-state index contributed by atoms with van der Waals surface area (Å²) in [4.78, 5) is 0. The van der Waals surface area contributed by atoms with Gasteiger partial charge < -0.3 is 5.11 Å². The van der Waals surface area contributed by atoms with E-state index < -0.39 is 5.82 Å². The molecule has 112 valence electrons. The van der Waals surface area contributed by atoms with E-state index >= 15 is 0 Å². The van der Waals surface area contributed by atoms with Crippen molar-refractivity contribution in [2.24, 2.45) is 0 Å². The second kappa shape index (κ2) is 6.07. The molecule has 0 saturated heterocycles. The minimum absolute atomic E-state index is 0.116. The van der Waals surface area contributed by atoms with Gasteiger partial charge in [-0.25, -0.2) is 4.39 Å². The van der Waals surface area contributed by atoms with Crippen LogP contribution in [0.4, 0.5) is 4.39 Å². The molecule has 2 aromatic carbocycles. The highest BCUT2D eigenvalue weighted by atomic mass is 35.5. The monoisotopic (exact) mass is 306 g/mol. The van der Waals surface area contributed by atoms with Crippen molar-refractivity contribution in [1.82, 2.24) is 0 Å². The predicted octanol–water partition coefficient (Wildman–Crippen LogP) is 6.10. The Balaban J connectivity index is 2.65. The Morgan fingerprint density at radius 2 is 1.43 bits per heavy atom. The highest BCUT2D eigenvalue weighted by Gasteiger charge is 2.16. The van der Waals surface area contributed by atoms with E-state index in [0.29, 0.717) is 5.75 Å². The molecule has 0 amide bonds. The van der Waals surface area contributed by atoms with Gasteiger partial charge in [-0.05, 0) is 58.4 Å². The summed E-state index contributed by atoms with van der Waals surface area (Å²) in [6, 6.07) is 8.64. The highest BCUT2D eigenvalue weighted by Crippen LogP contribution is 2.38. The smallest absolute Gasteiger partial charge is 0.142 e. The van der Waals surface area contributed by atoms with Gasteiger partial charge in [0, 0.05) is 0 Å². The maximum absolute atomic E-state index is 13.7. The molecule has 1 nitrogen and oxygen atoms in total. The Kier molecular flexibility index (Phi) is 4.58. The molecule has 0 bridgehead atoms. The number of benzene rings is 2. The maximum Gasteiger partial charge on any atom is 0.142 e. The lowest BCUT2D eigenvalue weighted by molar-refractivity contribution is 0.454. The van der Waals surface area contributed by atoms with Crippen LogP contribution in [0, 0.1) is 5.82 Å². The lowest BCUT2D eigenvalue weighted by Crippen LogP contribution is -1.97. The van der Waals surface area contributed by atoms with E-state index in [1.807, 2.05) is 39.8 Å². The SMILES string of the molecule is CC(C)c1cc(-c2ccc(Cl)c(F)c2)cc(C(C)C)c1O. The van der Waals surface area contributed by atoms with Gasteiger partial charge in [-0.2, -0.15) is 0 Å². The number of halogens is 2. The normalized spacial score (nSPS) is 11.4. The Bertz CT molecular complexity index is 633. The quantitative estimate of drug-likeness (QED) is 0.726. The van der Waals surface area contributed by atoms with E-state index in [0.717, 1.165) is 22.3 Å². The standard InChI is InChI=1S/C18H20ClFO/c1-10(2)14-7-13(8-15(11(3)4)18(14)21)12-5-6-16(19)17(20)9-12/h5-11,21H,1-4H3. The van der Waals surface area contributed by atoms with E-state index in [1.165, 1.54) is 6.07 Å². The topological polar surface area (TPSA) is 20.2 Å². The zero-order chi connectivity index (χ0) is 15.7. The van der Waals surface area contributed by atoms with Gasteiger partial charge in [0.1, 0.15) is 11.6 Å². The van der Waals surface area contributed by atoms with E-state index in [4.69, 9.17) is 11.6 Å². The molecule has 2 rings (SSSR count). The van der Waals surface area contributed by atoms with Crippen LogP contribution in [0.25, 0.3) is 11.1 Å². The molecule has 0 atom stereocenters. The first-order valence-corrected chi connectivity index (χ1v) is 7.51. The summed E-state index contributed by atoms with van der Waals surface area (Å²) >= 11 is 5.74. The average molecular weight is 307 g/mol. The van der Waals surface area contributed by atoms with Crippen LogP contribution in [0.3, 0.4) is 0 Å². The fraction of sp³-hybridized carbons (Fsp3) is 0.333. The number of phenols is 1. The Morgan fingerprint density at radius 1 is 0.905 bits per heavy atom. The van der Waals surface area contributed by atoms with Crippen LogP contribution in [-0.4, -0.2) is 5.11 Å². The maximum atomic E-state index is 13.7. The van der Waals surface area contributed by atoms with Gasteiger partial charge in [0.25, 0.3) is 0 Å². The molecule has 0 heterocycles. The molecule has 0 saturated carbocycles. The van der Waals surface area contributed by atoms with Gasteiger partial charge in [0.15, 0.2) is 0 Å². The van der Waals surface area contributed by atoms with Gasteiger partial charge in [-0.3, -0.25) is 0 Å². The molecule has 0 aromatic heterocycles. The molecule has 0 radical (unpaired) electrons. The molecule has 3 heteroatoms. The number of aromatic hydroxyl groups is 1. The first-order chi connectivity index (χ1) is 9.81. The summed E-state index contributed by atoms with van der Waals surface area (Å²) in [6.45, 7) is 8.13. The van der Waals surface area contributed by atoms with Gasteiger partial charge >= 0.3 is 0 Å². The van der Waals surface area contributed by atoms with Crippen LogP contribution in [-0.2, 0) is 0 Å². The Labute approximate surface area is 130 Å². The van der Waals surface area contributed by atoms with Crippen molar-refractivity contribution in [1.29, 1.82) is 0 Å². The summed E-state index contributed by atoms with van der Waals surface area (Å²) in [7, 11) is 0. The summed E-state index contributed by atoms with van der Waals surface area (Å²) in [6.07, 6.45) is 0.